The predicted molar refractivity (Wildman–Crippen MR) is 244 cm³/mol. The summed E-state index contributed by atoms with van der Waals surface area (Å²) >= 11 is 0. The largest absolute Gasteiger partial charge is 0.453 e. The molecular formula is C46H44F2N12O8S. The summed E-state index contributed by atoms with van der Waals surface area (Å²) in [7, 11) is -4.26. The number of rotatable bonds is 11. The summed E-state index contributed by atoms with van der Waals surface area (Å²) in [6.45, 7) is 5.11. The summed E-state index contributed by atoms with van der Waals surface area (Å²) in [6, 6.07) is 12.2. The van der Waals surface area contributed by atoms with Crippen LogP contribution >= 0.6 is 0 Å². The lowest BCUT2D eigenvalue weighted by Gasteiger charge is -2.39. The van der Waals surface area contributed by atoms with E-state index in [1.807, 2.05) is 6.07 Å². The second kappa shape index (κ2) is 18.2. The number of aromatic nitrogens is 4. The van der Waals surface area contributed by atoms with Crippen LogP contribution in [0.5, 0.6) is 11.5 Å². The van der Waals surface area contributed by atoms with E-state index in [9.17, 15) is 42.0 Å². The molecule has 4 fully saturated rings. The number of carbonyl (C=O) groups excluding carboxylic acids is 4. The normalized spacial score (nSPS) is 20.6. The zero-order valence-corrected chi connectivity index (χ0v) is 37.7. The lowest BCUT2D eigenvalue weighted by Crippen LogP contribution is -2.54. The Kier molecular flexibility index (Phi) is 12.0. The van der Waals surface area contributed by atoms with Crippen molar-refractivity contribution in [1.82, 2.24) is 38.9 Å². The second-order valence-electron chi connectivity index (χ2n) is 17.6. The lowest BCUT2D eigenvalue weighted by molar-refractivity contribution is -0.136. The van der Waals surface area contributed by atoms with Crippen molar-refractivity contribution in [3.63, 3.8) is 0 Å². The number of nitriles is 1. The van der Waals surface area contributed by atoms with E-state index in [0.29, 0.717) is 23.1 Å². The maximum absolute atomic E-state index is 15.2. The molecule has 0 aliphatic carbocycles. The van der Waals surface area contributed by atoms with Gasteiger partial charge in [0.2, 0.25) is 17.8 Å². The topological polar surface area (TPSA) is 236 Å². The van der Waals surface area contributed by atoms with E-state index in [4.69, 9.17) is 4.74 Å². The summed E-state index contributed by atoms with van der Waals surface area (Å²) in [5.74, 6) is -2.69. The molecule has 69 heavy (non-hydrogen) atoms. The Morgan fingerprint density at radius 1 is 0.826 bits per heavy atom. The third-order valence-corrected chi connectivity index (χ3v) is 14.8. The van der Waals surface area contributed by atoms with Crippen LogP contribution in [0, 0.1) is 23.1 Å². The molecule has 1 unspecified atom stereocenters. The molecule has 2 aromatic heterocycles. The van der Waals surface area contributed by atoms with Gasteiger partial charge in [0, 0.05) is 71.0 Å². The number of benzene rings is 3. The monoisotopic (exact) mass is 962 g/mol. The van der Waals surface area contributed by atoms with Crippen molar-refractivity contribution in [3.8, 4) is 23.3 Å². The molecule has 20 nitrogen and oxygen atoms in total. The number of piperidine rings is 2. The van der Waals surface area contributed by atoms with Crippen molar-refractivity contribution in [2.45, 2.75) is 44.3 Å². The first kappa shape index (κ1) is 45.4. The number of halogens is 2. The predicted octanol–water partition coefficient (Wildman–Crippen LogP) is 3.12. The molecular weight excluding hydrogens is 919 g/mol. The Morgan fingerprint density at radius 2 is 1.58 bits per heavy atom. The molecule has 7 heterocycles. The molecule has 5 aliphatic rings. The van der Waals surface area contributed by atoms with Crippen LogP contribution in [-0.4, -0.2) is 137 Å². The molecule has 5 aliphatic heterocycles. The Bertz CT molecular complexity index is 3140. The Hall–Kier alpha value is -7.42. The van der Waals surface area contributed by atoms with Crippen molar-refractivity contribution in [3.05, 3.63) is 100 Å². The number of imide groups is 2. The van der Waals surface area contributed by atoms with E-state index in [-0.39, 0.29) is 60.3 Å². The van der Waals surface area contributed by atoms with Crippen LogP contribution in [-0.2, 0) is 19.8 Å². The van der Waals surface area contributed by atoms with Gasteiger partial charge in [-0.3, -0.25) is 48.4 Å². The smallest absolute Gasteiger partial charge is 0.301 e. The number of carbonyl (C=O) groups is 4. The minimum Gasteiger partial charge on any atom is -0.453 e. The van der Waals surface area contributed by atoms with Crippen LogP contribution in [0.25, 0.3) is 16.6 Å². The van der Waals surface area contributed by atoms with Crippen LogP contribution in [0.2, 0.25) is 0 Å². The first-order valence-electron chi connectivity index (χ1n) is 22.5. The molecule has 2 N–H and O–H groups in total. The summed E-state index contributed by atoms with van der Waals surface area (Å²) < 4.78 is 64.9. The first-order chi connectivity index (χ1) is 33.2. The molecule has 0 spiro atoms. The van der Waals surface area contributed by atoms with E-state index in [1.54, 1.807) is 18.2 Å². The van der Waals surface area contributed by atoms with Crippen LogP contribution in [0.1, 0.15) is 58.4 Å². The van der Waals surface area contributed by atoms with E-state index in [2.05, 4.69) is 39.7 Å². The molecule has 5 aromatic rings. The molecule has 10 rings (SSSR count). The molecule has 356 valence electrons. The van der Waals surface area contributed by atoms with Gasteiger partial charge >= 0.3 is 10.2 Å². The van der Waals surface area contributed by atoms with E-state index >= 15 is 4.39 Å². The second-order valence-corrected chi connectivity index (χ2v) is 19.3. The SMILES string of the molecule is N#Cc1c(NS(=O)(=O)N2CC[C@@H](F)C2)ccc(F)c1Oc1ccc2ncn(-c3cnc(N4CCC(CN5CCN(c6ccc7c(c6)C(=O)N(C6CCC(=O)NC6=O)C7=O)CC5)CC4)nc3)c(=O)c2c1. The summed E-state index contributed by atoms with van der Waals surface area (Å²) in [5, 5.41) is 12.3. The van der Waals surface area contributed by atoms with Gasteiger partial charge in [0.1, 0.15) is 35.9 Å². The average Bonchev–Trinajstić information content (AvgIpc) is 3.90. The zero-order chi connectivity index (χ0) is 48.1. The summed E-state index contributed by atoms with van der Waals surface area (Å²) in [5.41, 5.74) is 0.793. The number of nitrogens with one attached hydrogen (secondary N) is 2. The lowest BCUT2D eigenvalue weighted by atomic mass is 9.96. The number of anilines is 3. The fourth-order valence-electron chi connectivity index (χ4n) is 9.56. The van der Waals surface area contributed by atoms with Crippen LogP contribution < -0.4 is 30.1 Å². The fraction of sp³-hybridized carbons (Fsp3) is 0.370. The van der Waals surface area contributed by atoms with E-state index in [0.717, 1.165) is 85.7 Å². The maximum atomic E-state index is 15.2. The van der Waals surface area contributed by atoms with Crippen molar-refractivity contribution in [2.75, 3.05) is 73.4 Å². The van der Waals surface area contributed by atoms with Gasteiger partial charge in [-0.15, -0.1) is 0 Å². The Morgan fingerprint density at radius 3 is 2.29 bits per heavy atom. The Labute approximate surface area is 393 Å². The quantitative estimate of drug-likeness (QED) is 0.181. The third-order valence-electron chi connectivity index (χ3n) is 13.3. The molecule has 0 bridgehead atoms. The minimum absolute atomic E-state index is 0.0252. The first-order valence-corrected chi connectivity index (χ1v) is 23.9. The highest BCUT2D eigenvalue weighted by molar-refractivity contribution is 7.90. The number of nitrogens with zero attached hydrogens (tertiary/aromatic N) is 10. The molecule has 4 saturated heterocycles. The van der Waals surface area contributed by atoms with Gasteiger partial charge in [-0.2, -0.15) is 18.0 Å². The molecule has 23 heteroatoms. The van der Waals surface area contributed by atoms with Crippen LogP contribution in [0.4, 0.5) is 26.1 Å². The van der Waals surface area contributed by atoms with Crippen LogP contribution in [0.3, 0.4) is 0 Å². The van der Waals surface area contributed by atoms with Gasteiger partial charge in [0.15, 0.2) is 11.6 Å². The number of hydrogen-bond donors (Lipinski definition) is 2. The van der Waals surface area contributed by atoms with Gasteiger partial charge < -0.3 is 14.5 Å². The van der Waals surface area contributed by atoms with Crippen LogP contribution in [0.15, 0.2) is 72.0 Å². The van der Waals surface area contributed by atoms with E-state index < -0.39 is 68.7 Å². The third kappa shape index (κ3) is 8.81. The van der Waals surface area contributed by atoms with Crippen molar-refractivity contribution >= 4 is 62.1 Å². The standard InChI is InChI=1S/C46H44F2N12O8S/c47-28-11-14-58(25-28)69(66,67)54-38-6-4-36(48)41(35(38)21-49)68-31-2-5-37-34(20-31)43(63)59(26-52-37)30-22-50-46(51-23-30)57-12-9-27(10-13-57)24-55-15-17-56(18-16-55)29-1-3-32-33(19-29)45(65)60(44(32)64)39-7-8-40(61)53-42(39)62/h1-6,19-20,22-23,26-28,39,54H,7-18,24-25H2,(H,53,61,62)/t28-,39?/m1/s1. The maximum Gasteiger partial charge on any atom is 0.301 e. The van der Waals surface area contributed by atoms with Crippen molar-refractivity contribution < 1.29 is 41.1 Å². The number of alkyl halides is 1. The molecule has 0 radical (unpaired) electrons. The Balaban J connectivity index is 0.737. The number of piperazine rings is 1. The summed E-state index contributed by atoms with van der Waals surface area (Å²) in [6.07, 6.45) is 5.13. The minimum atomic E-state index is -4.26. The average molecular weight is 963 g/mol. The van der Waals surface area contributed by atoms with Gasteiger partial charge in [0.05, 0.1) is 45.8 Å². The zero-order valence-electron chi connectivity index (χ0n) is 36.9. The highest BCUT2D eigenvalue weighted by atomic mass is 32.2. The van der Waals surface area contributed by atoms with Gasteiger partial charge in [-0.25, -0.2) is 23.7 Å². The van der Waals surface area contributed by atoms with Gasteiger partial charge in [-0.05, 0) is 80.1 Å². The highest BCUT2D eigenvalue weighted by Gasteiger charge is 2.45. The number of hydrogen-bond acceptors (Lipinski definition) is 15. The molecule has 3 aromatic carbocycles. The number of amides is 4. The van der Waals surface area contributed by atoms with Crippen molar-refractivity contribution in [1.29, 1.82) is 5.26 Å². The molecule has 0 saturated carbocycles. The number of fused-ring (bicyclic) bond motifs is 2. The van der Waals surface area contributed by atoms with E-state index in [1.165, 1.54) is 41.5 Å². The summed E-state index contributed by atoms with van der Waals surface area (Å²) in [4.78, 5) is 85.7. The van der Waals surface area contributed by atoms with Crippen molar-refractivity contribution in [2.24, 2.45) is 5.92 Å². The number of ether oxygens (including phenoxy) is 1. The molecule has 2 atom stereocenters. The fourth-order valence-corrected chi connectivity index (χ4v) is 10.8. The molecule has 4 amide bonds. The van der Waals surface area contributed by atoms with Gasteiger partial charge in [-0.1, -0.05) is 0 Å². The highest BCUT2D eigenvalue weighted by Crippen LogP contribution is 2.36. The van der Waals surface area contributed by atoms with Gasteiger partial charge in [0.25, 0.3) is 17.4 Å².